The van der Waals surface area contributed by atoms with Crippen molar-refractivity contribution in [2.24, 2.45) is 16.8 Å². The van der Waals surface area contributed by atoms with E-state index < -0.39 is 5.60 Å². The highest BCUT2D eigenvalue weighted by atomic mass is 16.5. The van der Waals surface area contributed by atoms with Crippen molar-refractivity contribution >= 4 is 5.90 Å². The largest absolute Gasteiger partial charge is 0.484 e. The molecule has 0 fully saturated rings. The lowest BCUT2D eigenvalue weighted by Gasteiger charge is -2.35. The highest BCUT2D eigenvalue weighted by Crippen LogP contribution is 2.39. The molecule has 3 rings (SSSR count). The van der Waals surface area contributed by atoms with Crippen LogP contribution in [-0.2, 0) is 10.3 Å². The molecular weight excluding hydrogens is 322 g/mol. The fraction of sp³-hybridized carbons (Fsp3) is 0.261. The van der Waals surface area contributed by atoms with E-state index in [-0.39, 0.29) is 11.8 Å². The first-order chi connectivity index (χ1) is 12.6. The first kappa shape index (κ1) is 18.2. The minimum Gasteiger partial charge on any atom is -0.484 e. The van der Waals surface area contributed by atoms with Crippen molar-refractivity contribution < 1.29 is 9.84 Å². The zero-order valence-electron chi connectivity index (χ0n) is 15.5. The zero-order chi connectivity index (χ0) is 18.6. The molecule has 0 spiro atoms. The van der Waals surface area contributed by atoms with Gasteiger partial charge in [0.1, 0.15) is 5.60 Å². The third kappa shape index (κ3) is 3.49. The van der Waals surface area contributed by atoms with E-state index in [0.717, 1.165) is 16.8 Å². The summed E-state index contributed by atoms with van der Waals surface area (Å²) < 4.78 is 5.39. The van der Waals surface area contributed by atoms with Crippen LogP contribution in [0.1, 0.15) is 25.0 Å². The van der Waals surface area contributed by atoms with Crippen LogP contribution in [0.15, 0.2) is 89.6 Å². The highest BCUT2D eigenvalue weighted by molar-refractivity contribution is 5.81. The molecular formula is C23H25NO2. The summed E-state index contributed by atoms with van der Waals surface area (Å²) in [7, 11) is 1.64. The van der Waals surface area contributed by atoms with Gasteiger partial charge in [0.25, 0.3) is 0 Å². The van der Waals surface area contributed by atoms with E-state index in [1.807, 2.05) is 86.7 Å². The van der Waals surface area contributed by atoms with Crippen LogP contribution >= 0.6 is 0 Å². The van der Waals surface area contributed by atoms with Gasteiger partial charge in [0.05, 0.1) is 13.0 Å². The maximum atomic E-state index is 11.9. The molecule has 1 N–H and O–H groups in total. The van der Waals surface area contributed by atoms with Crippen molar-refractivity contribution in [3.63, 3.8) is 0 Å². The van der Waals surface area contributed by atoms with E-state index >= 15 is 0 Å². The summed E-state index contributed by atoms with van der Waals surface area (Å²) >= 11 is 0. The Kier molecular flexibility index (Phi) is 5.38. The molecule has 1 aliphatic heterocycles. The standard InChI is InChI=1S/C23H25NO2/c1-17-14-15-21(16-18(2)24-22(17)26-3)23(25,19-10-6-4-7-11-19)20-12-8-5-9-13-20/h4-17,21,25H,1-3H3/t17-,21-/m1/s1. The molecule has 2 aromatic carbocycles. The van der Waals surface area contributed by atoms with Crippen molar-refractivity contribution in [3.05, 3.63) is 95.7 Å². The molecule has 0 aromatic heterocycles. The second-order valence-corrected chi connectivity index (χ2v) is 6.66. The maximum absolute atomic E-state index is 11.9. The van der Waals surface area contributed by atoms with Crippen molar-refractivity contribution in [2.45, 2.75) is 19.4 Å². The number of methoxy groups -OCH3 is 1. The van der Waals surface area contributed by atoms with Crippen LogP contribution in [0.5, 0.6) is 0 Å². The van der Waals surface area contributed by atoms with Crippen LogP contribution in [0.25, 0.3) is 0 Å². The molecule has 26 heavy (non-hydrogen) atoms. The number of rotatable bonds is 3. The van der Waals surface area contributed by atoms with Crippen LogP contribution < -0.4 is 0 Å². The SMILES string of the molecule is COC1=NC(C)=C[C@H](C(O)(c2ccccc2)c2ccccc2)C=C[C@H]1C. The predicted molar refractivity (Wildman–Crippen MR) is 106 cm³/mol. The first-order valence-corrected chi connectivity index (χ1v) is 8.88. The van der Waals surface area contributed by atoms with Crippen LogP contribution in [0.4, 0.5) is 0 Å². The van der Waals surface area contributed by atoms with E-state index in [9.17, 15) is 5.11 Å². The molecule has 0 bridgehead atoms. The summed E-state index contributed by atoms with van der Waals surface area (Å²) in [5.41, 5.74) is 1.36. The Morgan fingerprint density at radius 1 is 0.923 bits per heavy atom. The van der Waals surface area contributed by atoms with Crippen molar-refractivity contribution in [3.8, 4) is 0 Å². The lowest BCUT2D eigenvalue weighted by atomic mass is 9.75. The van der Waals surface area contributed by atoms with Gasteiger partial charge in [-0.05, 0) is 18.1 Å². The molecule has 2 atom stereocenters. The van der Waals surface area contributed by atoms with Gasteiger partial charge >= 0.3 is 0 Å². The number of aliphatic hydroxyl groups is 1. The van der Waals surface area contributed by atoms with Gasteiger partial charge < -0.3 is 9.84 Å². The van der Waals surface area contributed by atoms with Gasteiger partial charge in [-0.1, -0.05) is 85.8 Å². The molecule has 0 aliphatic carbocycles. The lowest BCUT2D eigenvalue weighted by Crippen LogP contribution is -2.35. The second-order valence-electron chi connectivity index (χ2n) is 6.66. The molecule has 1 aliphatic rings. The summed E-state index contributed by atoms with van der Waals surface area (Å²) in [6, 6.07) is 19.6. The average molecular weight is 347 g/mol. The number of nitrogens with zero attached hydrogens (tertiary/aromatic N) is 1. The van der Waals surface area contributed by atoms with Gasteiger partial charge in [0, 0.05) is 11.6 Å². The van der Waals surface area contributed by atoms with Gasteiger partial charge in [-0.3, -0.25) is 0 Å². The minimum absolute atomic E-state index is 0.0435. The molecule has 2 aromatic rings. The fourth-order valence-corrected chi connectivity index (χ4v) is 3.42. The topological polar surface area (TPSA) is 41.8 Å². The Hall–Kier alpha value is -2.65. The summed E-state index contributed by atoms with van der Waals surface area (Å²) in [6.45, 7) is 3.98. The molecule has 3 heteroatoms. The predicted octanol–water partition coefficient (Wildman–Crippen LogP) is 4.69. The van der Waals surface area contributed by atoms with E-state index in [1.165, 1.54) is 0 Å². The molecule has 1 heterocycles. The van der Waals surface area contributed by atoms with E-state index in [2.05, 4.69) is 11.1 Å². The molecule has 0 saturated heterocycles. The summed E-state index contributed by atoms with van der Waals surface area (Å²) in [5, 5.41) is 11.9. The third-order valence-corrected chi connectivity index (χ3v) is 4.82. The zero-order valence-corrected chi connectivity index (χ0v) is 15.5. The van der Waals surface area contributed by atoms with Crippen LogP contribution in [0.3, 0.4) is 0 Å². The van der Waals surface area contributed by atoms with Crippen molar-refractivity contribution in [1.82, 2.24) is 0 Å². The molecule has 0 radical (unpaired) electrons. The average Bonchev–Trinajstić information content (AvgIpc) is 2.68. The number of hydrogen-bond acceptors (Lipinski definition) is 3. The van der Waals surface area contributed by atoms with E-state index in [4.69, 9.17) is 4.74 Å². The lowest BCUT2D eigenvalue weighted by molar-refractivity contribution is 0.0535. The van der Waals surface area contributed by atoms with Crippen LogP contribution in [0.2, 0.25) is 0 Å². The Balaban J connectivity index is 2.17. The molecule has 134 valence electrons. The first-order valence-electron chi connectivity index (χ1n) is 8.88. The number of aliphatic imine (C=N–C) groups is 1. The number of benzene rings is 2. The van der Waals surface area contributed by atoms with Gasteiger partial charge in [-0.2, -0.15) is 0 Å². The Bertz CT molecular complexity index is 782. The molecule has 0 saturated carbocycles. The van der Waals surface area contributed by atoms with Gasteiger partial charge in [0.15, 0.2) is 5.90 Å². The third-order valence-electron chi connectivity index (χ3n) is 4.82. The summed E-state index contributed by atoms with van der Waals surface area (Å²) in [4.78, 5) is 4.58. The van der Waals surface area contributed by atoms with Gasteiger partial charge in [-0.25, -0.2) is 4.99 Å². The smallest absolute Gasteiger partial charge is 0.194 e. The number of allylic oxidation sites excluding steroid dienone is 1. The quantitative estimate of drug-likeness (QED) is 0.818. The van der Waals surface area contributed by atoms with Crippen LogP contribution in [-0.4, -0.2) is 18.1 Å². The summed E-state index contributed by atoms with van der Waals surface area (Å²) in [5.74, 6) is 0.468. The second kappa shape index (κ2) is 7.71. The van der Waals surface area contributed by atoms with Crippen LogP contribution in [0, 0.1) is 11.8 Å². The van der Waals surface area contributed by atoms with Gasteiger partial charge in [-0.15, -0.1) is 0 Å². The van der Waals surface area contributed by atoms with Crippen molar-refractivity contribution in [1.29, 1.82) is 0 Å². The fourth-order valence-electron chi connectivity index (χ4n) is 3.42. The normalized spacial score (nSPS) is 20.6. The van der Waals surface area contributed by atoms with Gasteiger partial charge in [0.2, 0.25) is 0 Å². The highest BCUT2D eigenvalue weighted by Gasteiger charge is 2.38. The Labute approximate surface area is 155 Å². The number of ether oxygens (including phenoxy) is 1. The number of hydrogen-bond donors (Lipinski definition) is 1. The monoisotopic (exact) mass is 347 g/mol. The minimum atomic E-state index is -1.18. The Morgan fingerprint density at radius 2 is 1.46 bits per heavy atom. The molecule has 0 unspecified atom stereocenters. The van der Waals surface area contributed by atoms with E-state index in [1.54, 1.807) is 7.11 Å². The Morgan fingerprint density at radius 3 is 1.96 bits per heavy atom. The maximum Gasteiger partial charge on any atom is 0.194 e. The molecule has 0 amide bonds. The molecule has 3 nitrogen and oxygen atoms in total. The van der Waals surface area contributed by atoms with Crippen molar-refractivity contribution in [2.75, 3.05) is 7.11 Å². The summed E-state index contributed by atoms with van der Waals surface area (Å²) in [6.07, 6.45) is 6.11. The van der Waals surface area contributed by atoms with E-state index in [0.29, 0.717) is 5.90 Å².